The zero-order valence-electron chi connectivity index (χ0n) is 18.3. The van der Waals surface area contributed by atoms with Crippen molar-refractivity contribution in [3.63, 3.8) is 0 Å². The van der Waals surface area contributed by atoms with Crippen molar-refractivity contribution in [2.75, 3.05) is 33.9 Å². The van der Waals surface area contributed by atoms with E-state index in [1.54, 1.807) is 14.2 Å². The lowest BCUT2D eigenvalue weighted by Gasteiger charge is -2.45. The summed E-state index contributed by atoms with van der Waals surface area (Å²) >= 11 is 0. The maximum absolute atomic E-state index is 13.4. The van der Waals surface area contributed by atoms with Gasteiger partial charge in [0, 0.05) is 31.0 Å². The number of piperidine rings is 1. The number of rotatable bonds is 3. The van der Waals surface area contributed by atoms with Crippen molar-refractivity contribution in [2.24, 2.45) is 7.05 Å². The van der Waals surface area contributed by atoms with Gasteiger partial charge in [-0.15, -0.1) is 0 Å². The number of benzene rings is 2. The van der Waals surface area contributed by atoms with Crippen molar-refractivity contribution in [3.8, 4) is 11.5 Å². The molecule has 1 aromatic heterocycles. The Morgan fingerprint density at radius 2 is 1.71 bits per heavy atom. The summed E-state index contributed by atoms with van der Waals surface area (Å²) in [5.41, 5.74) is 3.98. The van der Waals surface area contributed by atoms with Crippen LogP contribution in [0.3, 0.4) is 0 Å². The fourth-order valence-corrected chi connectivity index (χ4v) is 5.09. The molecule has 2 aliphatic heterocycles. The highest BCUT2D eigenvalue weighted by molar-refractivity contribution is 5.99. The van der Waals surface area contributed by atoms with Gasteiger partial charge in [-0.05, 0) is 66.8 Å². The molecule has 3 aromatic rings. The van der Waals surface area contributed by atoms with Gasteiger partial charge in [-0.3, -0.25) is 4.79 Å². The molecule has 0 N–H and O–H groups in total. The summed E-state index contributed by atoms with van der Waals surface area (Å²) in [5, 5.41) is 1.01. The van der Waals surface area contributed by atoms with Crippen LogP contribution in [0.15, 0.2) is 42.5 Å². The van der Waals surface area contributed by atoms with Crippen LogP contribution in [-0.4, -0.2) is 49.3 Å². The van der Waals surface area contributed by atoms with Crippen LogP contribution < -0.4 is 9.47 Å². The number of nitrogens with zero attached hydrogens (tertiary/aromatic N) is 2. The minimum Gasteiger partial charge on any atom is -0.497 e. The molecule has 1 fully saturated rings. The van der Waals surface area contributed by atoms with Gasteiger partial charge in [0.15, 0.2) is 0 Å². The van der Waals surface area contributed by atoms with Crippen LogP contribution in [0.25, 0.3) is 10.9 Å². The van der Waals surface area contributed by atoms with E-state index in [9.17, 15) is 4.79 Å². The van der Waals surface area contributed by atoms with Crippen LogP contribution in [0, 0.1) is 0 Å². The molecule has 1 saturated heterocycles. The van der Waals surface area contributed by atoms with E-state index in [1.807, 2.05) is 46.8 Å². The zero-order chi connectivity index (χ0) is 21.6. The van der Waals surface area contributed by atoms with Gasteiger partial charge in [-0.1, -0.05) is 6.07 Å². The Hall–Kier alpha value is -2.99. The molecule has 6 nitrogen and oxygen atoms in total. The number of hydrogen-bond acceptors (Lipinski definition) is 4. The molecule has 0 atom stereocenters. The number of carbonyl (C=O) groups is 1. The number of methoxy groups -OCH3 is 2. The van der Waals surface area contributed by atoms with E-state index in [0.29, 0.717) is 25.4 Å². The second-order valence-corrected chi connectivity index (χ2v) is 8.42. The van der Waals surface area contributed by atoms with Crippen LogP contribution in [-0.2, 0) is 23.8 Å². The topological polar surface area (TPSA) is 52.9 Å². The maximum Gasteiger partial charge on any atom is 0.270 e. The monoisotopic (exact) mass is 420 g/mol. The predicted molar refractivity (Wildman–Crippen MR) is 119 cm³/mol. The highest BCUT2D eigenvalue weighted by atomic mass is 16.5. The predicted octanol–water partition coefficient (Wildman–Crippen LogP) is 3.90. The molecule has 6 heteroatoms. The third-order valence-corrected chi connectivity index (χ3v) is 6.88. The largest absolute Gasteiger partial charge is 0.497 e. The first kappa shape index (κ1) is 19.9. The Bertz CT molecular complexity index is 1140. The van der Waals surface area contributed by atoms with Gasteiger partial charge in [0.2, 0.25) is 0 Å². The van der Waals surface area contributed by atoms with Gasteiger partial charge < -0.3 is 23.7 Å². The van der Waals surface area contributed by atoms with Gasteiger partial charge in [0.05, 0.1) is 26.4 Å². The molecule has 2 aliphatic rings. The Morgan fingerprint density at radius 3 is 2.45 bits per heavy atom. The fraction of sp³-hybridized carbons (Fsp3) is 0.400. The Kier molecular flexibility index (Phi) is 4.89. The summed E-state index contributed by atoms with van der Waals surface area (Å²) in [5.74, 6) is 1.75. The lowest BCUT2D eigenvalue weighted by Crippen LogP contribution is -2.48. The van der Waals surface area contributed by atoms with Crippen LogP contribution in [0.1, 0.15) is 34.5 Å². The van der Waals surface area contributed by atoms with Gasteiger partial charge >= 0.3 is 0 Å². The van der Waals surface area contributed by atoms with Gasteiger partial charge in [0.25, 0.3) is 5.91 Å². The first-order valence-corrected chi connectivity index (χ1v) is 10.8. The SMILES string of the molecule is COc1ccc2c(c1)CCOC21CCN(C(=O)c2cc3cc(OC)ccc3n2C)CC1. The number of aromatic nitrogens is 1. The molecule has 3 heterocycles. The Morgan fingerprint density at radius 1 is 1.00 bits per heavy atom. The molecule has 5 rings (SSSR count). The molecule has 1 spiro atoms. The molecule has 0 saturated carbocycles. The first-order valence-electron chi connectivity index (χ1n) is 10.8. The minimum absolute atomic E-state index is 0.0679. The quantitative estimate of drug-likeness (QED) is 0.645. The van der Waals surface area contributed by atoms with Crippen molar-refractivity contribution in [1.29, 1.82) is 0 Å². The molecule has 162 valence electrons. The van der Waals surface area contributed by atoms with E-state index in [1.165, 1.54) is 11.1 Å². The number of fused-ring (bicyclic) bond motifs is 3. The van der Waals surface area contributed by atoms with Crippen LogP contribution in [0.5, 0.6) is 11.5 Å². The van der Waals surface area contributed by atoms with Gasteiger partial charge in [-0.25, -0.2) is 0 Å². The standard InChI is InChI=1S/C25H28N2O4/c1-26-22-7-5-20(30-3)15-18(22)16-23(26)24(28)27-11-9-25(10-12-27)21-6-4-19(29-2)14-17(21)8-13-31-25/h4-7,14-16H,8-13H2,1-3H3. The lowest BCUT2D eigenvalue weighted by molar-refractivity contribution is -0.0936. The Balaban J connectivity index is 1.37. The highest BCUT2D eigenvalue weighted by Crippen LogP contribution is 2.42. The molecule has 31 heavy (non-hydrogen) atoms. The molecule has 1 amide bonds. The molecule has 0 bridgehead atoms. The average Bonchev–Trinajstić information content (AvgIpc) is 3.14. The van der Waals surface area contributed by atoms with Crippen molar-refractivity contribution in [1.82, 2.24) is 9.47 Å². The first-order chi connectivity index (χ1) is 15.0. The van der Waals surface area contributed by atoms with E-state index in [2.05, 4.69) is 12.1 Å². The summed E-state index contributed by atoms with van der Waals surface area (Å²) < 4.78 is 19.0. The van der Waals surface area contributed by atoms with E-state index in [-0.39, 0.29) is 11.5 Å². The summed E-state index contributed by atoms with van der Waals surface area (Å²) in [6, 6.07) is 14.1. The minimum atomic E-state index is -0.303. The normalized spacial score (nSPS) is 17.6. The second kappa shape index (κ2) is 7.61. The summed E-state index contributed by atoms with van der Waals surface area (Å²) in [4.78, 5) is 15.3. The molecule has 0 radical (unpaired) electrons. The highest BCUT2D eigenvalue weighted by Gasteiger charge is 2.42. The number of aryl methyl sites for hydroxylation is 1. The van der Waals surface area contributed by atoms with E-state index < -0.39 is 0 Å². The fourth-order valence-electron chi connectivity index (χ4n) is 5.09. The molecular weight excluding hydrogens is 392 g/mol. The van der Waals surface area contributed by atoms with Crippen molar-refractivity contribution < 1.29 is 19.0 Å². The molecule has 2 aromatic carbocycles. The average molecular weight is 421 g/mol. The van der Waals surface area contributed by atoms with E-state index in [4.69, 9.17) is 14.2 Å². The molecule has 0 unspecified atom stereocenters. The van der Waals surface area contributed by atoms with Crippen LogP contribution in [0.4, 0.5) is 0 Å². The van der Waals surface area contributed by atoms with Crippen molar-refractivity contribution in [3.05, 3.63) is 59.3 Å². The summed E-state index contributed by atoms with van der Waals surface area (Å²) in [7, 11) is 5.30. The molecule has 0 aliphatic carbocycles. The molecular formula is C25H28N2O4. The third kappa shape index (κ3) is 3.26. The summed E-state index contributed by atoms with van der Waals surface area (Å²) in [6.07, 6.45) is 2.50. The number of likely N-dealkylation sites (tertiary alicyclic amines) is 1. The third-order valence-electron chi connectivity index (χ3n) is 6.88. The Labute approximate surface area is 182 Å². The van der Waals surface area contributed by atoms with Crippen LogP contribution in [0.2, 0.25) is 0 Å². The van der Waals surface area contributed by atoms with E-state index >= 15 is 0 Å². The number of carbonyl (C=O) groups excluding carboxylic acids is 1. The van der Waals surface area contributed by atoms with E-state index in [0.717, 1.165) is 41.7 Å². The zero-order valence-corrected chi connectivity index (χ0v) is 18.3. The second-order valence-electron chi connectivity index (χ2n) is 8.42. The summed E-state index contributed by atoms with van der Waals surface area (Å²) in [6.45, 7) is 2.06. The van der Waals surface area contributed by atoms with Crippen molar-refractivity contribution in [2.45, 2.75) is 24.9 Å². The van der Waals surface area contributed by atoms with Crippen molar-refractivity contribution >= 4 is 16.8 Å². The number of amides is 1. The smallest absolute Gasteiger partial charge is 0.270 e. The maximum atomic E-state index is 13.4. The number of ether oxygens (including phenoxy) is 3. The van der Waals surface area contributed by atoms with Gasteiger partial charge in [-0.2, -0.15) is 0 Å². The number of hydrogen-bond donors (Lipinski definition) is 0. The lowest BCUT2D eigenvalue weighted by atomic mass is 9.79. The van der Waals surface area contributed by atoms with Gasteiger partial charge in [0.1, 0.15) is 17.2 Å². The van der Waals surface area contributed by atoms with Crippen LogP contribution >= 0.6 is 0 Å².